The van der Waals surface area contributed by atoms with Gasteiger partial charge in [0.2, 0.25) is 0 Å². The molecule has 144 valence electrons. The SMILES string of the molecule is CCC#CCN[C@H]1CCCN(c2c(F)cc(C(N)=O)c3[nH]c(C)c(C)c23)C1. The van der Waals surface area contributed by atoms with Crippen LogP contribution in [0.25, 0.3) is 10.9 Å². The van der Waals surface area contributed by atoms with Gasteiger partial charge in [-0.2, -0.15) is 0 Å². The van der Waals surface area contributed by atoms with E-state index in [2.05, 4.69) is 27.0 Å². The van der Waals surface area contributed by atoms with E-state index in [1.165, 1.54) is 6.07 Å². The molecule has 1 aliphatic rings. The number of primary amides is 1. The van der Waals surface area contributed by atoms with Crippen LogP contribution in [0.4, 0.5) is 10.1 Å². The van der Waals surface area contributed by atoms with Gasteiger partial charge >= 0.3 is 0 Å². The minimum Gasteiger partial charge on any atom is -0.367 e. The number of anilines is 1. The summed E-state index contributed by atoms with van der Waals surface area (Å²) >= 11 is 0. The zero-order valence-corrected chi connectivity index (χ0v) is 16.2. The summed E-state index contributed by atoms with van der Waals surface area (Å²) in [6.07, 6.45) is 2.86. The van der Waals surface area contributed by atoms with Gasteiger partial charge in [0.05, 0.1) is 23.3 Å². The van der Waals surface area contributed by atoms with Gasteiger partial charge in [-0.15, -0.1) is 5.92 Å². The highest BCUT2D eigenvalue weighted by molar-refractivity contribution is 6.10. The third-order valence-electron chi connectivity index (χ3n) is 5.29. The average Bonchev–Trinajstić information content (AvgIpc) is 2.93. The third-order valence-corrected chi connectivity index (χ3v) is 5.29. The van der Waals surface area contributed by atoms with E-state index in [1.807, 2.05) is 20.8 Å². The number of piperidine rings is 1. The summed E-state index contributed by atoms with van der Waals surface area (Å²) in [5.74, 6) is 5.13. The second-order valence-electron chi connectivity index (χ2n) is 7.12. The van der Waals surface area contributed by atoms with Crippen LogP contribution in [0, 0.1) is 31.5 Å². The molecule has 1 aromatic carbocycles. The van der Waals surface area contributed by atoms with E-state index in [0.717, 1.165) is 42.5 Å². The Bertz CT molecular complexity index is 922. The summed E-state index contributed by atoms with van der Waals surface area (Å²) in [5, 5.41) is 4.21. The van der Waals surface area contributed by atoms with Crippen LogP contribution in [0.3, 0.4) is 0 Å². The molecule has 1 aromatic heterocycles. The van der Waals surface area contributed by atoms with Crippen LogP contribution in [0.2, 0.25) is 0 Å². The zero-order chi connectivity index (χ0) is 19.6. The highest BCUT2D eigenvalue weighted by atomic mass is 19.1. The van der Waals surface area contributed by atoms with Gasteiger partial charge in [0.15, 0.2) is 0 Å². The number of carbonyl (C=O) groups excluding carboxylic acids is 1. The maximum absolute atomic E-state index is 15.1. The van der Waals surface area contributed by atoms with Crippen molar-refractivity contribution in [1.82, 2.24) is 10.3 Å². The average molecular weight is 370 g/mol. The largest absolute Gasteiger partial charge is 0.367 e. The first-order valence-electron chi connectivity index (χ1n) is 9.49. The molecule has 6 heteroatoms. The van der Waals surface area contributed by atoms with Gasteiger partial charge in [-0.05, 0) is 38.3 Å². The number of hydrogen-bond acceptors (Lipinski definition) is 3. The Kier molecular flexibility index (Phi) is 5.71. The fraction of sp³-hybridized carbons (Fsp3) is 0.476. The lowest BCUT2D eigenvalue weighted by atomic mass is 10.0. The van der Waals surface area contributed by atoms with E-state index in [0.29, 0.717) is 24.3 Å². The Hall–Kier alpha value is -2.52. The fourth-order valence-corrected chi connectivity index (χ4v) is 3.84. The van der Waals surface area contributed by atoms with Gasteiger partial charge in [-0.3, -0.25) is 4.79 Å². The molecule has 27 heavy (non-hydrogen) atoms. The summed E-state index contributed by atoms with van der Waals surface area (Å²) in [4.78, 5) is 17.1. The number of halogens is 1. The number of carbonyl (C=O) groups is 1. The maximum Gasteiger partial charge on any atom is 0.250 e. The van der Waals surface area contributed by atoms with E-state index in [9.17, 15) is 4.79 Å². The molecule has 0 spiro atoms. The van der Waals surface area contributed by atoms with Crippen molar-refractivity contribution in [1.29, 1.82) is 0 Å². The molecule has 2 aromatic rings. The lowest BCUT2D eigenvalue weighted by molar-refractivity contribution is 0.100. The van der Waals surface area contributed by atoms with Gasteiger partial charge in [-0.1, -0.05) is 12.8 Å². The number of nitrogens with one attached hydrogen (secondary N) is 2. The van der Waals surface area contributed by atoms with Gasteiger partial charge in [0, 0.05) is 36.6 Å². The van der Waals surface area contributed by atoms with Crippen LogP contribution in [-0.2, 0) is 0 Å². The number of nitrogens with two attached hydrogens (primary N) is 1. The summed E-state index contributed by atoms with van der Waals surface area (Å²) in [6.45, 7) is 8.04. The molecule has 0 saturated carbocycles. The predicted octanol–water partition coefficient (Wildman–Crippen LogP) is 2.99. The molecule has 1 saturated heterocycles. The van der Waals surface area contributed by atoms with Crippen LogP contribution >= 0.6 is 0 Å². The summed E-state index contributed by atoms with van der Waals surface area (Å²) < 4.78 is 15.1. The molecule has 1 aliphatic heterocycles. The van der Waals surface area contributed by atoms with E-state index in [-0.39, 0.29) is 11.6 Å². The number of fused-ring (bicyclic) bond motifs is 1. The van der Waals surface area contributed by atoms with Crippen molar-refractivity contribution in [3.05, 3.63) is 28.7 Å². The number of amides is 1. The summed E-state index contributed by atoms with van der Waals surface area (Å²) in [7, 11) is 0. The molecular formula is C21H27FN4O. The third kappa shape index (κ3) is 3.79. The minimum atomic E-state index is -0.626. The summed E-state index contributed by atoms with van der Waals surface area (Å²) in [5.41, 5.74) is 8.72. The van der Waals surface area contributed by atoms with E-state index in [4.69, 9.17) is 5.73 Å². The van der Waals surface area contributed by atoms with Crippen LogP contribution in [0.15, 0.2) is 6.07 Å². The molecule has 0 aliphatic carbocycles. The molecule has 1 atom stereocenters. The first-order valence-corrected chi connectivity index (χ1v) is 9.49. The molecule has 3 rings (SSSR count). The predicted molar refractivity (Wildman–Crippen MR) is 108 cm³/mol. The van der Waals surface area contributed by atoms with Gasteiger partial charge in [0.1, 0.15) is 5.82 Å². The molecule has 4 N–H and O–H groups in total. The van der Waals surface area contributed by atoms with Gasteiger partial charge < -0.3 is 20.9 Å². The number of aromatic nitrogens is 1. The quantitative estimate of drug-likeness (QED) is 0.725. The Morgan fingerprint density at radius 2 is 2.22 bits per heavy atom. The molecule has 1 amide bonds. The fourth-order valence-electron chi connectivity index (χ4n) is 3.84. The van der Waals surface area contributed by atoms with Gasteiger partial charge in [0.25, 0.3) is 5.91 Å². The number of H-pyrrole nitrogens is 1. The Labute approximate surface area is 159 Å². The number of aryl methyl sites for hydroxylation is 2. The number of hydrogen-bond donors (Lipinski definition) is 3. The molecule has 0 unspecified atom stereocenters. The van der Waals surface area contributed by atoms with Crippen LogP contribution in [0.5, 0.6) is 0 Å². The number of nitrogens with zero attached hydrogens (tertiary/aromatic N) is 1. The smallest absolute Gasteiger partial charge is 0.250 e. The standard InChI is InChI=1S/C21H27FN4O/c1-4-5-6-9-24-15-8-7-10-26(12-15)20-17(22)11-16(21(23)27)19-18(20)13(2)14(3)25-19/h11,15,24-25H,4,7-10,12H2,1-3H3,(H2,23,27)/t15-/m0/s1. The molecule has 0 radical (unpaired) electrons. The number of rotatable bonds is 4. The number of benzene rings is 1. The molecule has 0 bridgehead atoms. The normalized spacial score (nSPS) is 17.0. The topological polar surface area (TPSA) is 74.2 Å². The Balaban J connectivity index is 1.97. The van der Waals surface area contributed by atoms with Crippen molar-refractivity contribution in [2.75, 3.05) is 24.5 Å². The Morgan fingerprint density at radius 1 is 1.44 bits per heavy atom. The Morgan fingerprint density at radius 3 is 2.93 bits per heavy atom. The van der Waals surface area contributed by atoms with Crippen LogP contribution < -0.4 is 16.0 Å². The second-order valence-corrected chi connectivity index (χ2v) is 7.12. The van der Waals surface area contributed by atoms with E-state index >= 15 is 4.39 Å². The summed E-state index contributed by atoms with van der Waals surface area (Å²) in [6, 6.07) is 1.52. The highest BCUT2D eigenvalue weighted by Crippen LogP contribution is 2.37. The molecule has 2 heterocycles. The van der Waals surface area contributed by atoms with Crippen molar-refractivity contribution in [3.8, 4) is 11.8 Å². The highest BCUT2D eigenvalue weighted by Gasteiger charge is 2.27. The number of aromatic amines is 1. The molecule has 5 nitrogen and oxygen atoms in total. The van der Waals surface area contributed by atoms with Crippen molar-refractivity contribution in [2.24, 2.45) is 5.73 Å². The first-order chi connectivity index (χ1) is 12.9. The van der Waals surface area contributed by atoms with Crippen LogP contribution in [-0.4, -0.2) is 36.6 Å². The monoisotopic (exact) mass is 370 g/mol. The van der Waals surface area contributed by atoms with Crippen molar-refractivity contribution < 1.29 is 9.18 Å². The van der Waals surface area contributed by atoms with Gasteiger partial charge in [-0.25, -0.2) is 4.39 Å². The lowest BCUT2D eigenvalue weighted by Crippen LogP contribution is -2.46. The van der Waals surface area contributed by atoms with Crippen molar-refractivity contribution in [2.45, 2.75) is 46.1 Å². The van der Waals surface area contributed by atoms with Crippen molar-refractivity contribution in [3.63, 3.8) is 0 Å². The minimum absolute atomic E-state index is 0.198. The second kappa shape index (κ2) is 8.01. The van der Waals surface area contributed by atoms with E-state index in [1.54, 1.807) is 0 Å². The maximum atomic E-state index is 15.1. The molecule has 1 fully saturated rings. The van der Waals surface area contributed by atoms with Crippen LogP contribution in [0.1, 0.15) is 47.8 Å². The zero-order valence-electron chi connectivity index (χ0n) is 16.2. The molecular weight excluding hydrogens is 343 g/mol. The first kappa shape index (κ1) is 19.2. The van der Waals surface area contributed by atoms with Crippen molar-refractivity contribution >= 4 is 22.5 Å². The lowest BCUT2D eigenvalue weighted by Gasteiger charge is -2.35. The van der Waals surface area contributed by atoms with E-state index < -0.39 is 11.7 Å².